The standard InChI is InChI=1S/C14H24N4O2S2/c1-7-21-10(19)8-9-22-12-15-11(14(2,3)4)16-18(12)13(20)17(5)6/h7-9H2,1-6H3. The van der Waals surface area contributed by atoms with E-state index >= 15 is 0 Å². The van der Waals surface area contributed by atoms with Crippen LogP contribution in [0.25, 0.3) is 0 Å². The normalized spacial score (nSPS) is 11.5. The van der Waals surface area contributed by atoms with E-state index in [4.69, 9.17) is 0 Å². The van der Waals surface area contributed by atoms with Crippen molar-refractivity contribution in [1.29, 1.82) is 0 Å². The predicted octanol–water partition coefficient (Wildman–Crippen LogP) is 2.87. The number of aromatic nitrogens is 3. The number of amides is 1. The van der Waals surface area contributed by atoms with Gasteiger partial charge >= 0.3 is 6.03 Å². The van der Waals surface area contributed by atoms with Crippen LogP contribution in [0.3, 0.4) is 0 Å². The van der Waals surface area contributed by atoms with E-state index in [-0.39, 0.29) is 16.6 Å². The quantitative estimate of drug-likeness (QED) is 0.765. The van der Waals surface area contributed by atoms with Gasteiger partial charge in [-0.05, 0) is 5.75 Å². The topological polar surface area (TPSA) is 68.1 Å². The Morgan fingerprint density at radius 1 is 1.27 bits per heavy atom. The SMILES string of the molecule is CCSC(=O)CCSc1nc(C(C)(C)C)nn1C(=O)N(C)C. The van der Waals surface area contributed by atoms with Gasteiger partial charge in [0.15, 0.2) is 16.1 Å². The minimum Gasteiger partial charge on any atom is -0.329 e. The van der Waals surface area contributed by atoms with Crippen LogP contribution in [-0.2, 0) is 10.2 Å². The highest BCUT2D eigenvalue weighted by molar-refractivity contribution is 8.13. The highest BCUT2D eigenvalue weighted by atomic mass is 32.2. The van der Waals surface area contributed by atoms with Crippen LogP contribution in [0.1, 0.15) is 39.9 Å². The molecular weight excluding hydrogens is 320 g/mol. The third-order valence-electron chi connectivity index (χ3n) is 2.65. The molecule has 0 fully saturated rings. The van der Waals surface area contributed by atoms with Crippen LogP contribution in [0.5, 0.6) is 0 Å². The summed E-state index contributed by atoms with van der Waals surface area (Å²) in [6.45, 7) is 7.96. The Labute approximate surface area is 140 Å². The maximum Gasteiger partial charge on any atom is 0.346 e. The van der Waals surface area contributed by atoms with Gasteiger partial charge in [-0.1, -0.05) is 51.2 Å². The molecule has 0 N–H and O–H groups in total. The molecule has 0 saturated heterocycles. The van der Waals surface area contributed by atoms with Crippen molar-refractivity contribution in [3.05, 3.63) is 5.82 Å². The van der Waals surface area contributed by atoms with Crippen LogP contribution in [-0.4, -0.2) is 56.4 Å². The van der Waals surface area contributed by atoms with Gasteiger partial charge < -0.3 is 4.90 Å². The maximum atomic E-state index is 12.2. The zero-order valence-electron chi connectivity index (χ0n) is 14.0. The second kappa shape index (κ2) is 8.01. The molecule has 1 aromatic heterocycles. The fraction of sp³-hybridized carbons (Fsp3) is 0.714. The van der Waals surface area contributed by atoms with Crippen molar-refractivity contribution in [1.82, 2.24) is 19.7 Å². The molecule has 0 unspecified atom stereocenters. The van der Waals surface area contributed by atoms with Crippen molar-refractivity contribution in [2.75, 3.05) is 25.6 Å². The van der Waals surface area contributed by atoms with Crippen LogP contribution in [0.4, 0.5) is 4.79 Å². The lowest BCUT2D eigenvalue weighted by Crippen LogP contribution is -2.29. The number of nitrogens with zero attached hydrogens (tertiary/aromatic N) is 4. The molecule has 0 bridgehead atoms. The fourth-order valence-corrected chi connectivity index (χ4v) is 3.04. The van der Waals surface area contributed by atoms with E-state index in [2.05, 4.69) is 10.1 Å². The van der Waals surface area contributed by atoms with Crippen LogP contribution in [0, 0.1) is 0 Å². The van der Waals surface area contributed by atoms with Crippen molar-refractivity contribution < 1.29 is 9.59 Å². The third-order valence-corrected chi connectivity index (χ3v) is 4.40. The first-order valence-electron chi connectivity index (χ1n) is 7.14. The van der Waals surface area contributed by atoms with E-state index < -0.39 is 0 Å². The summed E-state index contributed by atoms with van der Waals surface area (Å²) < 4.78 is 1.32. The number of hydrogen-bond acceptors (Lipinski definition) is 6. The average molecular weight is 345 g/mol. The van der Waals surface area contributed by atoms with Gasteiger partial charge in [-0.2, -0.15) is 4.68 Å². The molecule has 0 atom stereocenters. The Hall–Kier alpha value is -1.02. The first-order valence-corrected chi connectivity index (χ1v) is 9.11. The zero-order chi connectivity index (χ0) is 16.9. The minimum absolute atomic E-state index is 0.163. The lowest BCUT2D eigenvalue weighted by atomic mass is 9.96. The molecule has 6 nitrogen and oxygen atoms in total. The molecule has 1 aromatic rings. The number of hydrogen-bond donors (Lipinski definition) is 0. The molecule has 0 radical (unpaired) electrons. The Kier molecular flexibility index (Phi) is 6.93. The molecule has 1 amide bonds. The summed E-state index contributed by atoms with van der Waals surface area (Å²) in [7, 11) is 3.35. The van der Waals surface area contributed by atoms with Crippen LogP contribution >= 0.6 is 23.5 Å². The van der Waals surface area contributed by atoms with Crippen molar-refractivity contribution in [3.63, 3.8) is 0 Å². The molecule has 124 valence electrons. The lowest BCUT2D eigenvalue weighted by Gasteiger charge is -2.13. The van der Waals surface area contributed by atoms with E-state index in [0.717, 1.165) is 5.75 Å². The molecule has 0 aliphatic carbocycles. The highest BCUT2D eigenvalue weighted by Crippen LogP contribution is 2.24. The Balaban J connectivity index is 2.89. The van der Waals surface area contributed by atoms with Crippen molar-refractivity contribution in [2.45, 2.75) is 44.7 Å². The summed E-state index contributed by atoms with van der Waals surface area (Å²) >= 11 is 2.71. The van der Waals surface area contributed by atoms with Gasteiger partial charge in [0.05, 0.1) is 0 Å². The van der Waals surface area contributed by atoms with Crippen LogP contribution < -0.4 is 0 Å². The average Bonchev–Trinajstić information content (AvgIpc) is 2.82. The maximum absolute atomic E-state index is 12.2. The molecule has 1 heterocycles. The molecule has 0 aliphatic heterocycles. The smallest absolute Gasteiger partial charge is 0.329 e. The minimum atomic E-state index is -0.236. The van der Waals surface area contributed by atoms with Gasteiger partial charge in [0, 0.05) is 31.7 Å². The van der Waals surface area contributed by atoms with Crippen molar-refractivity contribution in [3.8, 4) is 0 Å². The van der Waals surface area contributed by atoms with Crippen molar-refractivity contribution in [2.24, 2.45) is 0 Å². The van der Waals surface area contributed by atoms with E-state index in [1.54, 1.807) is 14.1 Å². The highest BCUT2D eigenvalue weighted by Gasteiger charge is 2.25. The summed E-state index contributed by atoms with van der Waals surface area (Å²) in [6.07, 6.45) is 0.455. The summed E-state index contributed by atoms with van der Waals surface area (Å²) in [4.78, 5) is 29.7. The van der Waals surface area contributed by atoms with Gasteiger partial charge in [0.25, 0.3) is 0 Å². The Bertz CT molecular complexity index is 535. The van der Waals surface area contributed by atoms with Crippen LogP contribution in [0.15, 0.2) is 5.16 Å². The molecule has 1 rings (SSSR count). The fourth-order valence-electron chi connectivity index (χ4n) is 1.48. The zero-order valence-corrected chi connectivity index (χ0v) is 15.7. The van der Waals surface area contributed by atoms with Crippen molar-refractivity contribution >= 4 is 34.7 Å². The van der Waals surface area contributed by atoms with E-state index in [1.165, 1.54) is 33.1 Å². The lowest BCUT2D eigenvalue weighted by molar-refractivity contribution is -0.110. The first kappa shape index (κ1) is 19.0. The second-order valence-corrected chi connectivity index (χ2v) is 8.34. The third kappa shape index (κ3) is 5.31. The van der Waals surface area contributed by atoms with Gasteiger partial charge in [0.2, 0.25) is 0 Å². The largest absolute Gasteiger partial charge is 0.346 e. The van der Waals surface area contributed by atoms with E-state index in [9.17, 15) is 9.59 Å². The second-order valence-electron chi connectivity index (χ2n) is 5.96. The number of rotatable bonds is 5. The number of carbonyl (C=O) groups is 2. The molecule has 0 saturated carbocycles. The molecular formula is C14H24N4O2S2. The molecule has 0 aromatic carbocycles. The van der Waals surface area contributed by atoms with Crippen LogP contribution in [0.2, 0.25) is 0 Å². The molecule has 0 spiro atoms. The van der Waals surface area contributed by atoms with Gasteiger partial charge in [-0.15, -0.1) is 5.10 Å². The molecule has 22 heavy (non-hydrogen) atoms. The number of carbonyl (C=O) groups excluding carboxylic acids is 2. The summed E-state index contributed by atoms with van der Waals surface area (Å²) in [5, 5.41) is 5.04. The summed E-state index contributed by atoms with van der Waals surface area (Å²) in [5.74, 6) is 2.00. The summed E-state index contributed by atoms with van der Waals surface area (Å²) in [5.41, 5.74) is -0.235. The first-order chi connectivity index (χ1) is 10.2. The predicted molar refractivity (Wildman–Crippen MR) is 91.7 cm³/mol. The van der Waals surface area contributed by atoms with Gasteiger partial charge in [-0.3, -0.25) is 4.79 Å². The van der Waals surface area contributed by atoms with E-state index in [1.807, 2.05) is 27.7 Å². The number of thioether (sulfide) groups is 2. The van der Waals surface area contributed by atoms with Gasteiger partial charge in [0.1, 0.15) is 0 Å². The van der Waals surface area contributed by atoms with E-state index in [0.29, 0.717) is 23.2 Å². The summed E-state index contributed by atoms with van der Waals surface area (Å²) in [6, 6.07) is -0.236. The Morgan fingerprint density at radius 2 is 1.91 bits per heavy atom. The monoisotopic (exact) mass is 344 g/mol. The molecule has 8 heteroatoms. The molecule has 0 aliphatic rings. The van der Waals surface area contributed by atoms with Gasteiger partial charge in [-0.25, -0.2) is 9.78 Å². The Morgan fingerprint density at radius 3 is 2.41 bits per heavy atom.